The first-order valence-corrected chi connectivity index (χ1v) is 15.1. The van der Waals surface area contributed by atoms with Crippen LogP contribution in [0, 0.1) is 17.2 Å². The number of piperazine rings is 1. The maximum absolute atomic E-state index is 9.87. The standard InChI is InChI=1S/C28H35N9O2S/c1-28(8-3-4-20-22(28)17(15-29)24(30)40-20)26-34-25(35-39-26)18-14-21(37-12-9-31-10-13-37)33-27(32-18)38-19-6-5-16-7-11-36(2)23(16)19/h14,16,19,23,31H,3-13,30H2,1-2H3/t16?,19?,23?,28-/m0/s1. The fourth-order valence-electron chi connectivity index (χ4n) is 7.26. The lowest BCUT2D eigenvalue weighted by Crippen LogP contribution is -2.44. The molecule has 1 saturated carbocycles. The lowest BCUT2D eigenvalue weighted by atomic mass is 9.72. The van der Waals surface area contributed by atoms with E-state index in [2.05, 4.69) is 40.3 Å². The Kier molecular flexibility index (Phi) is 6.40. The van der Waals surface area contributed by atoms with Gasteiger partial charge in [0.2, 0.25) is 11.7 Å². The number of rotatable bonds is 5. The van der Waals surface area contributed by atoms with Crippen LogP contribution in [0.15, 0.2) is 10.6 Å². The molecular formula is C28H35N9O2S. The number of nitrogens with one attached hydrogen (secondary N) is 1. The quantitative estimate of drug-likeness (QED) is 0.475. The molecule has 210 valence electrons. The van der Waals surface area contributed by atoms with Crippen molar-refractivity contribution in [1.82, 2.24) is 30.3 Å². The number of ether oxygens (including phenoxy) is 1. The Morgan fingerprint density at radius 3 is 2.88 bits per heavy atom. The molecule has 3 N–H and O–H groups in total. The van der Waals surface area contributed by atoms with Crippen molar-refractivity contribution in [3.8, 4) is 23.6 Å². The topological polar surface area (TPSA) is 142 Å². The molecule has 0 radical (unpaired) electrons. The zero-order valence-corrected chi connectivity index (χ0v) is 23.8. The van der Waals surface area contributed by atoms with E-state index in [1.165, 1.54) is 24.2 Å². The minimum Gasteiger partial charge on any atom is -0.458 e. The summed E-state index contributed by atoms with van der Waals surface area (Å²) >= 11 is 1.50. The zero-order valence-electron chi connectivity index (χ0n) is 23.0. The first-order chi connectivity index (χ1) is 19.4. The number of hydrogen-bond donors (Lipinski definition) is 2. The second kappa shape index (κ2) is 9.98. The third kappa shape index (κ3) is 4.22. The number of anilines is 2. The maximum atomic E-state index is 9.87. The van der Waals surface area contributed by atoms with E-state index in [-0.39, 0.29) is 6.10 Å². The molecule has 3 aromatic rings. The number of likely N-dealkylation sites (tertiary alicyclic amines) is 1. The second-order valence-electron chi connectivity index (χ2n) is 11.7. The van der Waals surface area contributed by atoms with E-state index in [1.807, 2.05) is 6.07 Å². The molecule has 40 heavy (non-hydrogen) atoms. The number of nitriles is 1. The summed E-state index contributed by atoms with van der Waals surface area (Å²) in [5, 5.41) is 18.2. The molecule has 5 heterocycles. The van der Waals surface area contributed by atoms with Crippen molar-refractivity contribution in [2.24, 2.45) is 5.92 Å². The molecule has 0 amide bonds. The molecule has 0 spiro atoms. The Bertz CT molecular complexity index is 1460. The lowest BCUT2D eigenvalue weighted by Gasteiger charge is -2.30. The summed E-state index contributed by atoms with van der Waals surface area (Å²) in [7, 11) is 2.19. The van der Waals surface area contributed by atoms with Gasteiger partial charge >= 0.3 is 6.01 Å². The largest absolute Gasteiger partial charge is 0.458 e. The van der Waals surface area contributed by atoms with Gasteiger partial charge in [0.25, 0.3) is 0 Å². The van der Waals surface area contributed by atoms with Gasteiger partial charge < -0.3 is 25.2 Å². The highest BCUT2D eigenvalue weighted by molar-refractivity contribution is 7.16. The van der Waals surface area contributed by atoms with Crippen molar-refractivity contribution in [3.05, 3.63) is 28.0 Å². The number of aryl methyl sites for hydroxylation is 1. The summed E-state index contributed by atoms with van der Waals surface area (Å²) in [5.41, 5.74) is 7.69. The van der Waals surface area contributed by atoms with Gasteiger partial charge in [-0.05, 0) is 65.0 Å². The van der Waals surface area contributed by atoms with Crippen LogP contribution in [0.2, 0.25) is 0 Å². The average molecular weight is 562 g/mol. The smallest absolute Gasteiger partial charge is 0.319 e. The molecule has 12 heteroatoms. The van der Waals surface area contributed by atoms with Gasteiger partial charge in [0, 0.05) is 48.7 Å². The Hall–Kier alpha value is -3.27. The Morgan fingerprint density at radius 1 is 1.20 bits per heavy atom. The fraction of sp³-hybridized carbons (Fsp3) is 0.607. The van der Waals surface area contributed by atoms with E-state index >= 15 is 0 Å². The van der Waals surface area contributed by atoms with Crippen molar-refractivity contribution in [2.45, 2.75) is 63.0 Å². The van der Waals surface area contributed by atoms with Crippen molar-refractivity contribution >= 4 is 22.2 Å². The van der Waals surface area contributed by atoms with Crippen molar-refractivity contribution in [2.75, 3.05) is 50.4 Å². The van der Waals surface area contributed by atoms with Crippen LogP contribution >= 0.6 is 11.3 Å². The van der Waals surface area contributed by atoms with Gasteiger partial charge in [-0.15, -0.1) is 11.3 Å². The molecule has 3 fully saturated rings. The third-order valence-corrected chi connectivity index (χ3v) is 10.4. The number of hydrogen-bond acceptors (Lipinski definition) is 12. The molecule has 3 aromatic heterocycles. The van der Waals surface area contributed by atoms with Gasteiger partial charge in [-0.1, -0.05) is 5.16 Å². The predicted molar refractivity (Wildman–Crippen MR) is 151 cm³/mol. The summed E-state index contributed by atoms with van der Waals surface area (Å²) in [6.07, 6.45) is 6.14. The average Bonchev–Trinajstić information content (AvgIpc) is 3.75. The van der Waals surface area contributed by atoms with Gasteiger partial charge in [0.05, 0.1) is 11.0 Å². The van der Waals surface area contributed by atoms with E-state index in [4.69, 9.17) is 29.9 Å². The van der Waals surface area contributed by atoms with Crippen LogP contribution in [-0.2, 0) is 11.8 Å². The monoisotopic (exact) mass is 561 g/mol. The summed E-state index contributed by atoms with van der Waals surface area (Å²) in [6, 6.07) is 5.02. The SMILES string of the molecule is CN1CCC2CCC(Oc3nc(-c4noc([C@@]5(C)CCCc6sc(N)c(C#N)c65)n4)cc(N4CCNCC4)n3)C21. The molecular weight excluding hydrogens is 526 g/mol. The van der Waals surface area contributed by atoms with Crippen molar-refractivity contribution < 1.29 is 9.26 Å². The minimum atomic E-state index is -0.586. The Balaban J connectivity index is 1.25. The summed E-state index contributed by atoms with van der Waals surface area (Å²) in [4.78, 5) is 20.3. The van der Waals surface area contributed by atoms with Gasteiger partial charge in [0.1, 0.15) is 28.7 Å². The Morgan fingerprint density at radius 2 is 2.05 bits per heavy atom. The molecule has 7 rings (SSSR count). The van der Waals surface area contributed by atoms with Crippen LogP contribution in [0.3, 0.4) is 0 Å². The van der Waals surface area contributed by atoms with Crippen LogP contribution in [0.25, 0.3) is 11.5 Å². The maximum Gasteiger partial charge on any atom is 0.319 e. The summed E-state index contributed by atoms with van der Waals surface area (Å²) in [6.45, 7) is 6.67. The number of nitrogens with zero attached hydrogens (tertiary/aromatic N) is 7. The van der Waals surface area contributed by atoms with E-state index in [0.717, 1.165) is 74.7 Å². The third-order valence-electron chi connectivity index (χ3n) is 9.32. The Labute approximate surface area is 237 Å². The minimum absolute atomic E-state index is 0.0671. The molecule has 2 aliphatic carbocycles. The molecule has 3 unspecified atom stereocenters. The highest BCUT2D eigenvalue weighted by Gasteiger charge is 2.45. The van der Waals surface area contributed by atoms with Crippen molar-refractivity contribution in [1.29, 1.82) is 5.26 Å². The van der Waals surface area contributed by atoms with Gasteiger partial charge in [-0.3, -0.25) is 4.90 Å². The van der Waals surface area contributed by atoms with E-state index in [1.54, 1.807) is 0 Å². The molecule has 0 aromatic carbocycles. The first-order valence-electron chi connectivity index (χ1n) is 14.3. The molecule has 11 nitrogen and oxygen atoms in total. The predicted octanol–water partition coefficient (Wildman–Crippen LogP) is 2.96. The molecule has 4 atom stereocenters. The van der Waals surface area contributed by atoms with Crippen LogP contribution < -0.4 is 20.7 Å². The molecule has 0 bridgehead atoms. The number of likely N-dealkylation sites (N-methyl/N-ethyl adjacent to an activating group) is 1. The number of nitrogen functional groups attached to an aromatic ring is 1. The fourth-order valence-corrected chi connectivity index (χ4v) is 8.45. The van der Waals surface area contributed by atoms with Crippen LogP contribution in [0.1, 0.15) is 60.9 Å². The first kappa shape index (κ1) is 25.7. The van der Waals surface area contributed by atoms with E-state index < -0.39 is 5.41 Å². The lowest BCUT2D eigenvalue weighted by molar-refractivity contribution is 0.110. The van der Waals surface area contributed by atoms with Crippen molar-refractivity contribution in [3.63, 3.8) is 0 Å². The molecule has 4 aliphatic rings. The molecule has 2 saturated heterocycles. The van der Waals surface area contributed by atoms with Gasteiger partial charge in [0.15, 0.2) is 0 Å². The second-order valence-corrected chi connectivity index (χ2v) is 12.9. The van der Waals surface area contributed by atoms with E-state index in [9.17, 15) is 5.26 Å². The zero-order chi connectivity index (χ0) is 27.4. The van der Waals surface area contributed by atoms with Gasteiger partial charge in [-0.2, -0.15) is 20.2 Å². The van der Waals surface area contributed by atoms with Gasteiger partial charge in [-0.25, -0.2) is 0 Å². The van der Waals surface area contributed by atoms with Crippen LogP contribution in [-0.4, -0.2) is 76.9 Å². The normalized spacial score (nSPS) is 28.3. The van der Waals surface area contributed by atoms with Crippen LogP contribution in [0.5, 0.6) is 6.01 Å². The van der Waals surface area contributed by atoms with E-state index in [0.29, 0.717) is 45.9 Å². The number of nitrogens with two attached hydrogens (primary N) is 1. The summed E-state index contributed by atoms with van der Waals surface area (Å²) < 4.78 is 12.5. The highest BCUT2D eigenvalue weighted by Crippen LogP contribution is 2.48. The summed E-state index contributed by atoms with van der Waals surface area (Å²) in [5.74, 6) is 2.37. The highest BCUT2D eigenvalue weighted by atomic mass is 32.1. The van der Waals surface area contributed by atoms with Crippen LogP contribution in [0.4, 0.5) is 10.8 Å². The number of fused-ring (bicyclic) bond motifs is 2. The number of aromatic nitrogens is 4. The molecule has 2 aliphatic heterocycles. The number of thiophene rings is 1.